The second kappa shape index (κ2) is 8.59. The second-order valence-electron chi connectivity index (χ2n) is 4.45. The van der Waals surface area contributed by atoms with Crippen LogP contribution in [0.4, 0.5) is 5.69 Å². The number of methoxy groups -OCH3 is 2. The van der Waals surface area contributed by atoms with Crippen LogP contribution in [0.25, 0.3) is 5.53 Å². The van der Waals surface area contributed by atoms with E-state index in [9.17, 15) is 9.59 Å². The Morgan fingerprint density at radius 2 is 1.86 bits per heavy atom. The summed E-state index contributed by atoms with van der Waals surface area (Å²) in [5.41, 5.74) is 8.84. The van der Waals surface area contributed by atoms with Gasteiger partial charge in [-0.1, -0.05) is 13.3 Å². The molecule has 0 radical (unpaired) electrons. The third-order valence-corrected chi connectivity index (χ3v) is 3.05. The van der Waals surface area contributed by atoms with Gasteiger partial charge in [-0.05, 0) is 30.7 Å². The van der Waals surface area contributed by atoms with Crippen LogP contribution in [0, 0.1) is 0 Å². The van der Waals surface area contributed by atoms with E-state index in [4.69, 9.17) is 10.3 Å². The molecule has 22 heavy (non-hydrogen) atoms. The second-order valence-corrected chi connectivity index (χ2v) is 4.45. The van der Waals surface area contributed by atoms with Crippen LogP contribution in [0.2, 0.25) is 0 Å². The average molecular weight is 305 g/mol. The lowest BCUT2D eigenvalue weighted by Gasteiger charge is -2.20. The molecule has 1 aromatic rings. The lowest BCUT2D eigenvalue weighted by Crippen LogP contribution is -2.41. The van der Waals surface area contributed by atoms with Crippen LogP contribution < -0.4 is 9.64 Å². The van der Waals surface area contributed by atoms with Gasteiger partial charge in [-0.3, -0.25) is 4.79 Å². The van der Waals surface area contributed by atoms with Crippen molar-refractivity contribution in [3.05, 3.63) is 29.8 Å². The number of rotatable bonds is 7. The monoisotopic (exact) mass is 305 g/mol. The van der Waals surface area contributed by atoms with Gasteiger partial charge in [0.1, 0.15) is 5.75 Å². The minimum absolute atomic E-state index is 0.387. The third kappa shape index (κ3) is 4.17. The van der Waals surface area contributed by atoms with E-state index in [0.717, 1.165) is 20.0 Å². The van der Waals surface area contributed by atoms with Crippen LogP contribution in [0.3, 0.4) is 0 Å². The molecular weight excluding hydrogens is 286 g/mol. The number of ether oxygens (including phenoxy) is 2. The first-order valence-electron chi connectivity index (χ1n) is 6.85. The number of carbonyl (C=O) groups is 2. The van der Waals surface area contributed by atoms with Crippen molar-refractivity contribution in [2.24, 2.45) is 0 Å². The quantitative estimate of drug-likeness (QED) is 0.252. The van der Waals surface area contributed by atoms with E-state index in [2.05, 4.69) is 9.53 Å². The Bertz CT molecular complexity index is 577. The standard InChI is InChI=1S/C15H19N3O4/c1-4-5-10-18(11-6-8-12(21-2)9-7-11)14(19)13(17-16)15(20)22-3/h6-9H,4-5,10H2,1-3H3. The Hall–Kier alpha value is -2.66. The molecule has 0 fully saturated rings. The first-order valence-corrected chi connectivity index (χ1v) is 6.85. The van der Waals surface area contributed by atoms with Gasteiger partial charge in [-0.15, -0.1) is 0 Å². The Labute approximate surface area is 129 Å². The lowest BCUT2D eigenvalue weighted by molar-refractivity contribution is -0.139. The molecule has 0 aliphatic carbocycles. The highest BCUT2D eigenvalue weighted by Crippen LogP contribution is 2.20. The van der Waals surface area contributed by atoms with E-state index >= 15 is 0 Å². The number of hydrogen-bond donors (Lipinski definition) is 0. The summed E-state index contributed by atoms with van der Waals surface area (Å²) >= 11 is 0. The summed E-state index contributed by atoms with van der Waals surface area (Å²) in [5.74, 6) is -1.05. The molecule has 1 aromatic carbocycles. The van der Waals surface area contributed by atoms with E-state index in [-0.39, 0.29) is 0 Å². The van der Waals surface area contributed by atoms with Gasteiger partial charge in [0, 0.05) is 12.2 Å². The van der Waals surface area contributed by atoms with Gasteiger partial charge in [0.05, 0.1) is 14.2 Å². The molecule has 0 heterocycles. The highest BCUT2D eigenvalue weighted by Gasteiger charge is 2.35. The highest BCUT2D eigenvalue weighted by atomic mass is 16.5. The summed E-state index contributed by atoms with van der Waals surface area (Å²) < 4.78 is 9.53. The van der Waals surface area contributed by atoms with Gasteiger partial charge in [-0.25, -0.2) is 4.79 Å². The Morgan fingerprint density at radius 1 is 1.23 bits per heavy atom. The zero-order chi connectivity index (χ0) is 16.5. The number of nitrogens with zero attached hydrogens (tertiary/aromatic N) is 3. The topological polar surface area (TPSA) is 92.2 Å². The summed E-state index contributed by atoms with van der Waals surface area (Å²) in [6.07, 6.45) is 1.60. The molecule has 0 aliphatic rings. The molecule has 1 amide bonds. The van der Waals surface area contributed by atoms with Crippen molar-refractivity contribution in [3.63, 3.8) is 0 Å². The minimum atomic E-state index is -0.984. The van der Waals surface area contributed by atoms with E-state index in [0.29, 0.717) is 18.0 Å². The van der Waals surface area contributed by atoms with Gasteiger partial charge >= 0.3 is 17.6 Å². The van der Waals surface area contributed by atoms with Crippen molar-refractivity contribution in [3.8, 4) is 5.75 Å². The number of unbranched alkanes of at least 4 members (excludes halogenated alkanes) is 1. The maximum atomic E-state index is 12.4. The van der Waals surface area contributed by atoms with E-state index in [1.165, 1.54) is 4.90 Å². The summed E-state index contributed by atoms with van der Waals surface area (Å²) in [6.45, 7) is 2.37. The van der Waals surface area contributed by atoms with Crippen LogP contribution in [0.5, 0.6) is 5.75 Å². The Kier molecular flexibility index (Phi) is 6.79. The van der Waals surface area contributed by atoms with Gasteiger partial charge in [-0.2, -0.15) is 4.79 Å². The van der Waals surface area contributed by atoms with E-state index in [1.54, 1.807) is 31.4 Å². The molecule has 118 valence electrons. The molecule has 7 nitrogen and oxygen atoms in total. The summed E-state index contributed by atoms with van der Waals surface area (Å²) in [4.78, 5) is 28.1. The molecule has 0 aliphatic heterocycles. The number of amides is 1. The van der Waals surface area contributed by atoms with Crippen LogP contribution in [-0.4, -0.2) is 43.1 Å². The van der Waals surface area contributed by atoms with Crippen LogP contribution >= 0.6 is 0 Å². The van der Waals surface area contributed by atoms with Crippen LogP contribution in [0.1, 0.15) is 19.8 Å². The van der Waals surface area contributed by atoms with Crippen molar-refractivity contribution in [2.75, 3.05) is 25.7 Å². The SMILES string of the molecule is CCCCN(C(=O)C(=[N+]=[N-])C(=O)OC)c1ccc(OC)cc1. The smallest absolute Gasteiger partial charge is 0.463 e. The molecule has 0 saturated carbocycles. The molecule has 7 heteroatoms. The van der Waals surface area contributed by atoms with Crippen molar-refractivity contribution in [2.45, 2.75) is 19.8 Å². The van der Waals surface area contributed by atoms with Gasteiger partial charge in [0.25, 0.3) is 0 Å². The first-order chi connectivity index (χ1) is 10.6. The molecule has 0 spiro atoms. The average Bonchev–Trinajstić information content (AvgIpc) is 2.56. The van der Waals surface area contributed by atoms with Gasteiger partial charge < -0.3 is 19.9 Å². The highest BCUT2D eigenvalue weighted by molar-refractivity contribution is 6.64. The number of hydrogen-bond acceptors (Lipinski definition) is 4. The Morgan fingerprint density at radius 3 is 2.32 bits per heavy atom. The number of benzene rings is 1. The maximum absolute atomic E-state index is 12.4. The van der Waals surface area contributed by atoms with Gasteiger partial charge in [0.2, 0.25) is 0 Å². The zero-order valence-corrected chi connectivity index (χ0v) is 12.9. The van der Waals surface area contributed by atoms with Crippen LogP contribution in [0.15, 0.2) is 24.3 Å². The minimum Gasteiger partial charge on any atom is -0.497 e. The molecule has 0 saturated heterocycles. The fraction of sp³-hybridized carbons (Fsp3) is 0.400. The van der Waals surface area contributed by atoms with Crippen molar-refractivity contribution in [1.29, 1.82) is 0 Å². The molecule has 0 atom stereocenters. The largest absolute Gasteiger partial charge is 0.497 e. The number of carbonyl (C=O) groups excluding carboxylic acids is 2. The van der Waals surface area contributed by atoms with Gasteiger partial charge in [0.15, 0.2) is 0 Å². The fourth-order valence-corrected chi connectivity index (χ4v) is 1.82. The number of esters is 1. The fourth-order valence-electron chi connectivity index (χ4n) is 1.82. The predicted molar refractivity (Wildman–Crippen MR) is 80.9 cm³/mol. The molecule has 0 unspecified atom stereocenters. The van der Waals surface area contributed by atoms with Crippen LogP contribution in [-0.2, 0) is 14.3 Å². The molecule has 0 bridgehead atoms. The number of anilines is 1. The van der Waals surface area contributed by atoms with Crippen molar-refractivity contribution < 1.29 is 23.9 Å². The summed E-state index contributed by atoms with van der Waals surface area (Å²) in [5, 5.41) is 0. The molecule has 1 rings (SSSR count). The molecular formula is C15H19N3O4. The third-order valence-electron chi connectivity index (χ3n) is 3.05. The maximum Gasteiger partial charge on any atom is 0.463 e. The normalized spacial score (nSPS) is 9.59. The summed E-state index contributed by atoms with van der Waals surface area (Å²) in [6, 6.07) is 6.79. The molecule has 0 aromatic heterocycles. The van der Waals surface area contributed by atoms with Crippen molar-refractivity contribution in [1.82, 2.24) is 0 Å². The molecule has 0 N–H and O–H groups in total. The Balaban J connectivity index is 3.12. The van der Waals surface area contributed by atoms with E-state index in [1.807, 2.05) is 6.92 Å². The zero-order valence-electron chi connectivity index (χ0n) is 12.9. The van der Waals surface area contributed by atoms with E-state index < -0.39 is 17.6 Å². The first kappa shape index (κ1) is 17.4. The lowest BCUT2D eigenvalue weighted by atomic mass is 10.2. The van der Waals surface area contributed by atoms with Crippen molar-refractivity contribution >= 4 is 23.3 Å². The summed E-state index contributed by atoms with van der Waals surface area (Å²) in [7, 11) is 2.66. The predicted octanol–water partition coefficient (Wildman–Crippen LogP) is 1.67.